The van der Waals surface area contributed by atoms with Gasteiger partial charge >= 0.3 is 6.18 Å². The zero-order valence-corrected chi connectivity index (χ0v) is 15.3. The fourth-order valence-corrected chi connectivity index (χ4v) is 4.12. The van der Waals surface area contributed by atoms with Gasteiger partial charge < -0.3 is 5.11 Å². The summed E-state index contributed by atoms with van der Waals surface area (Å²) in [6.07, 6.45) is -4.65. The Morgan fingerprint density at radius 3 is 2.46 bits per heavy atom. The van der Waals surface area contributed by atoms with Crippen LogP contribution in [0.2, 0.25) is 0 Å². The summed E-state index contributed by atoms with van der Waals surface area (Å²) < 4.78 is 39.5. The van der Waals surface area contributed by atoms with Crippen LogP contribution >= 0.6 is 11.3 Å². The minimum atomic E-state index is -4.45. The van der Waals surface area contributed by atoms with Crippen molar-refractivity contribution < 1.29 is 18.3 Å². The predicted octanol–water partition coefficient (Wildman–Crippen LogP) is 4.01. The molecule has 0 spiro atoms. The monoisotopic (exact) mass is 384 g/mol. The van der Waals surface area contributed by atoms with Gasteiger partial charge in [-0.25, -0.2) is 0 Å². The topological polar surface area (TPSA) is 26.7 Å². The highest BCUT2D eigenvalue weighted by Gasteiger charge is 2.35. The van der Waals surface area contributed by atoms with Gasteiger partial charge in [-0.3, -0.25) is 9.80 Å². The van der Waals surface area contributed by atoms with Crippen molar-refractivity contribution in [2.75, 3.05) is 32.7 Å². The van der Waals surface area contributed by atoms with Gasteiger partial charge in [-0.1, -0.05) is 24.3 Å². The SMILES string of the molecule is O[C@H](CN1CCCN(Cc2cccs2)CC1)c1ccccc1C(F)(F)F. The summed E-state index contributed by atoms with van der Waals surface area (Å²) in [4.78, 5) is 5.74. The molecule has 1 atom stereocenters. The van der Waals surface area contributed by atoms with Crippen molar-refractivity contribution in [3.05, 3.63) is 57.8 Å². The number of alkyl halides is 3. The van der Waals surface area contributed by atoms with E-state index in [1.165, 1.54) is 17.0 Å². The maximum Gasteiger partial charge on any atom is 0.416 e. The minimum Gasteiger partial charge on any atom is -0.387 e. The van der Waals surface area contributed by atoms with E-state index >= 15 is 0 Å². The van der Waals surface area contributed by atoms with Crippen LogP contribution in [0.15, 0.2) is 41.8 Å². The third kappa shape index (κ3) is 5.07. The Labute approximate surface area is 155 Å². The highest BCUT2D eigenvalue weighted by atomic mass is 32.1. The highest BCUT2D eigenvalue weighted by molar-refractivity contribution is 7.09. The van der Waals surface area contributed by atoms with Gasteiger partial charge in [0, 0.05) is 31.1 Å². The molecule has 142 valence electrons. The Bertz CT molecular complexity index is 690. The van der Waals surface area contributed by atoms with Crippen LogP contribution in [0.4, 0.5) is 13.2 Å². The molecule has 1 aliphatic rings. The first-order valence-corrected chi connectivity index (χ1v) is 9.63. The molecule has 26 heavy (non-hydrogen) atoms. The Morgan fingerprint density at radius 1 is 1.00 bits per heavy atom. The number of β-amino-alcohol motifs (C(OH)–C–C–N with tert-alkyl or cyclic N) is 1. The van der Waals surface area contributed by atoms with E-state index < -0.39 is 17.8 Å². The summed E-state index contributed by atoms with van der Waals surface area (Å²) in [5.41, 5.74) is -0.790. The van der Waals surface area contributed by atoms with E-state index in [1.807, 2.05) is 6.07 Å². The second-order valence-electron chi connectivity index (χ2n) is 6.61. The number of hydrogen-bond acceptors (Lipinski definition) is 4. The summed E-state index contributed by atoms with van der Waals surface area (Å²) in [6, 6.07) is 9.45. The van der Waals surface area contributed by atoms with Gasteiger partial charge in [0.1, 0.15) is 0 Å². The maximum absolute atomic E-state index is 13.2. The number of aliphatic hydroxyl groups is 1. The quantitative estimate of drug-likeness (QED) is 0.844. The fourth-order valence-electron chi connectivity index (χ4n) is 3.38. The minimum absolute atomic E-state index is 0.0420. The average molecular weight is 384 g/mol. The predicted molar refractivity (Wildman–Crippen MR) is 97.1 cm³/mol. The van der Waals surface area contributed by atoms with Crippen molar-refractivity contribution >= 4 is 11.3 Å². The lowest BCUT2D eigenvalue weighted by Gasteiger charge is -2.25. The molecule has 0 bridgehead atoms. The van der Waals surface area contributed by atoms with Crippen LogP contribution in [-0.4, -0.2) is 47.6 Å². The van der Waals surface area contributed by atoms with Crippen molar-refractivity contribution in [2.45, 2.75) is 25.2 Å². The first-order valence-electron chi connectivity index (χ1n) is 8.75. The molecule has 7 heteroatoms. The molecule has 1 saturated heterocycles. The summed E-state index contributed by atoms with van der Waals surface area (Å²) in [5.74, 6) is 0. The lowest BCUT2D eigenvalue weighted by atomic mass is 10.0. The van der Waals surface area contributed by atoms with Crippen molar-refractivity contribution in [3.63, 3.8) is 0 Å². The first kappa shape index (κ1) is 19.4. The Morgan fingerprint density at radius 2 is 1.73 bits per heavy atom. The number of benzene rings is 1. The summed E-state index contributed by atoms with van der Waals surface area (Å²) >= 11 is 1.73. The van der Waals surface area contributed by atoms with Crippen LogP contribution in [0.3, 0.4) is 0 Å². The van der Waals surface area contributed by atoms with Crippen LogP contribution in [0.25, 0.3) is 0 Å². The zero-order chi connectivity index (χ0) is 18.6. The van der Waals surface area contributed by atoms with E-state index in [0.717, 1.165) is 45.2 Å². The number of nitrogens with zero attached hydrogens (tertiary/aromatic N) is 2. The fraction of sp³-hybridized carbons (Fsp3) is 0.474. The standard InChI is InChI=1S/C19H23F3N2OS/c20-19(21,22)17-7-2-1-6-16(17)18(25)14-24-9-4-8-23(10-11-24)13-15-5-3-12-26-15/h1-3,5-7,12,18,25H,4,8-11,13-14H2/t18-/m1/s1. The summed E-state index contributed by atoms with van der Waals surface area (Å²) in [6.45, 7) is 4.48. The lowest BCUT2D eigenvalue weighted by Crippen LogP contribution is -2.33. The van der Waals surface area contributed by atoms with E-state index in [1.54, 1.807) is 17.4 Å². The Kier molecular flexibility index (Phi) is 6.34. The molecule has 3 nitrogen and oxygen atoms in total. The number of halogens is 3. The Hall–Kier alpha value is -1.41. The van der Waals surface area contributed by atoms with Gasteiger partial charge in [0.05, 0.1) is 11.7 Å². The van der Waals surface area contributed by atoms with E-state index in [2.05, 4.69) is 21.2 Å². The van der Waals surface area contributed by atoms with E-state index in [4.69, 9.17) is 0 Å². The molecule has 1 aromatic carbocycles. The summed E-state index contributed by atoms with van der Waals surface area (Å²) in [7, 11) is 0. The van der Waals surface area contributed by atoms with Crippen LogP contribution < -0.4 is 0 Å². The van der Waals surface area contributed by atoms with Gasteiger partial charge in [0.25, 0.3) is 0 Å². The number of thiophene rings is 1. The summed E-state index contributed by atoms with van der Waals surface area (Å²) in [5, 5.41) is 12.5. The second-order valence-corrected chi connectivity index (χ2v) is 7.64. The third-order valence-electron chi connectivity index (χ3n) is 4.70. The van der Waals surface area contributed by atoms with Gasteiger partial charge in [-0.2, -0.15) is 13.2 Å². The Balaban J connectivity index is 1.59. The molecule has 3 rings (SSSR count). The van der Waals surface area contributed by atoms with Crippen LogP contribution in [0.5, 0.6) is 0 Å². The van der Waals surface area contributed by atoms with Gasteiger partial charge in [-0.15, -0.1) is 11.3 Å². The lowest BCUT2D eigenvalue weighted by molar-refractivity contribution is -0.139. The smallest absolute Gasteiger partial charge is 0.387 e. The molecule has 1 aliphatic heterocycles. The van der Waals surface area contributed by atoms with Crippen LogP contribution in [-0.2, 0) is 12.7 Å². The van der Waals surface area contributed by atoms with E-state index in [9.17, 15) is 18.3 Å². The molecule has 0 unspecified atom stereocenters. The van der Waals surface area contributed by atoms with Gasteiger partial charge in [-0.05, 0) is 42.6 Å². The molecular weight excluding hydrogens is 361 g/mol. The largest absolute Gasteiger partial charge is 0.416 e. The van der Waals surface area contributed by atoms with E-state index in [-0.39, 0.29) is 12.1 Å². The first-order chi connectivity index (χ1) is 12.4. The molecule has 0 radical (unpaired) electrons. The molecule has 2 heterocycles. The number of rotatable bonds is 5. The van der Waals surface area contributed by atoms with Crippen molar-refractivity contribution in [2.24, 2.45) is 0 Å². The third-order valence-corrected chi connectivity index (χ3v) is 5.56. The van der Waals surface area contributed by atoms with E-state index in [0.29, 0.717) is 0 Å². The molecular formula is C19H23F3N2OS. The van der Waals surface area contributed by atoms with Crippen LogP contribution in [0, 0.1) is 0 Å². The average Bonchev–Trinajstić information content (AvgIpc) is 3.01. The molecule has 0 saturated carbocycles. The maximum atomic E-state index is 13.2. The number of aliphatic hydroxyl groups excluding tert-OH is 1. The normalized spacial score (nSPS) is 18.6. The second kappa shape index (κ2) is 8.52. The van der Waals surface area contributed by atoms with Crippen molar-refractivity contribution in [3.8, 4) is 0 Å². The molecule has 1 fully saturated rings. The highest BCUT2D eigenvalue weighted by Crippen LogP contribution is 2.34. The van der Waals surface area contributed by atoms with Crippen molar-refractivity contribution in [1.29, 1.82) is 0 Å². The molecule has 0 aliphatic carbocycles. The van der Waals surface area contributed by atoms with Gasteiger partial charge in [0.15, 0.2) is 0 Å². The molecule has 1 aromatic heterocycles. The van der Waals surface area contributed by atoms with Gasteiger partial charge in [0.2, 0.25) is 0 Å². The van der Waals surface area contributed by atoms with Crippen molar-refractivity contribution in [1.82, 2.24) is 9.80 Å². The molecule has 0 amide bonds. The zero-order valence-electron chi connectivity index (χ0n) is 14.5. The number of hydrogen-bond donors (Lipinski definition) is 1. The molecule has 1 N–H and O–H groups in total. The van der Waals surface area contributed by atoms with Crippen LogP contribution in [0.1, 0.15) is 28.5 Å². The molecule has 2 aromatic rings.